The van der Waals surface area contributed by atoms with Crippen LogP contribution in [0.5, 0.6) is 11.5 Å². The summed E-state index contributed by atoms with van der Waals surface area (Å²) >= 11 is 0.438. The predicted octanol–water partition coefficient (Wildman–Crippen LogP) is 4.66. The van der Waals surface area contributed by atoms with Crippen molar-refractivity contribution in [1.82, 2.24) is 0 Å². The normalized spacial score (nSPS) is 10.5. The molecule has 7 heteroatoms. The molecule has 24 heavy (non-hydrogen) atoms. The smallest absolute Gasteiger partial charge is 0.288 e. The van der Waals surface area contributed by atoms with E-state index in [4.69, 9.17) is 9.47 Å². The molecule has 0 radical (unpaired) electrons. The average molecular weight is 353 g/mol. The minimum Gasteiger partial charge on any atom is -0.493 e. The van der Waals surface area contributed by atoms with Crippen LogP contribution in [0.1, 0.15) is 17.3 Å². The van der Waals surface area contributed by atoms with Gasteiger partial charge < -0.3 is 14.8 Å². The van der Waals surface area contributed by atoms with Gasteiger partial charge >= 0.3 is 0 Å². The zero-order chi connectivity index (χ0) is 17.5. The lowest BCUT2D eigenvalue weighted by Gasteiger charge is -2.12. The fourth-order valence-corrected chi connectivity index (χ4v) is 2.51. The second kappa shape index (κ2) is 8.54. The Morgan fingerprint density at radius 2 is 1.88 bits per heavy atom. The molecule has 0 bridgehead atoms. The molecule has 2 aromatic rings. The van der Waals surface area contributed by atoms with Crippen molar-refractivity contribution < 1.29 is 23.0 Å². The number of alkyl halides is 2. The van der Waals surface area contributed by atoms with Crippen molar-refractivity contribution in [3.63, 3.8) is 0 Å². The summed E-state index contributed by atoms with van der Waals surface area (Å²) in [6.45, 7) is 2.37. The number of carbonyl (C=O) groups is 1. The standard InChI is InChI=1S/C17H17F2NO3S/c1-3-23-14-9-6-12(10-15(14)22-2)20-16(21)11-4-7-13(8-5-11)24-17(18)19/h4-10,17H,3H2,1-2H3,(H,20,21). The highest BCUT2D eigenvalue weighted by molar-refractivity contribution is 7.99. The van der Waals surface area contributed by atoms with Gasteiger partial charge in [-0.2, -0.15) is 8.78 Å². The highest BCUT2D eigenvalue weighted by Crippen LogP contribution is 2.30. The molecule has 2 aromatic carbocycles. The van der Waals surface area contributed by atoms with Crippen LogP contribution >= 0.6 is 11.8 Å². The van der Waals surface area contributed by atoms with Gasteiger partial charge in [-0.3, -0.25) is 4.79 Å². The first-order chi connectivity index (χ1) is 11.5. The van der Waals surface area contributed by atoms with Crippen LogP contribution in [0.4, 0.5) is 14.5 Å². The van der Waals surface area contributed by atoms with Gasteiger partial charge in [-0.25, -0.2) is 0 Å². The first kappa shape index (κ1) is 18.1. The van der Waals surface area contributed by atoms with E-state index in [9.17, 15) is 13.6 Å². The molecule has 0 spiro atoms. The highest BCUT2D eigenvalue weighted by atomic mass is 32.2. The van der Waals surface area contributed by atoms with Crippen molar-refractivity contribution in [3.8, 4) is 11.5 Å². The summed E-state index contributed by atoms with van der Waals surface area (Å²) in [4.78, 5) is 12.6. The van der Waals surface area contributed by atoms with Gasteiger partial charge in [0.25, 0.3) is 11.7 Å². The number of thioether (sulfide) groups is 1. The number of anilines is 1. The lowest BCUT2D eigenvalue weighted by molar-refractivity contribution is 0.102. The summed E-state index contributed by atoms with van der Waals surface area (Å²) in [5, 5.41) is 2.73. The van der Waals surface area contributed by atoms with Crippen molar-refractivity contribution in [1.29, 1.82) is 0 Å². The molecule has 2 rings (SSSR count). The van der Waals surface area contributed by atoms with Crippen molar-refractivity contribution in [2.45, 2.75) is 17.6 Å². The maximum Gasteiger partial charge on any atom is 0.288 e. The molecule has 0 atom stereocenters. The summed E-state index contributed by atoms with van der Waals surface area (Å²) in [7, 11) is 1.52. The van der Waals surface area contributed by atoms with E-state index >= 15 is 0 Å². The SMILES string of the molecule is CCOc1ccc(NC(=O)c2ccc(SC(F)F)cc2)cc1OC. The van der Waals surface area contributed by atoms with Gasteiger partial charge in [0.05, 0.1) is 13.7 Å². The van der Waals surface area contributed by atoms with Crippen molar-refractivity contribution in [2.24, 2.45) is 0 Å². The molecular formula is C17H17F2NO3S. The highest BCUT2D eigenvalue weighted by Gasteiger charge is 2.11. The Hall–Kier alpha value is -2.28. The molecule has 0 saturated heterocycles. The Bertz CT molecular complexity index is 693. The molecule has 0 aliphatic rings. The first-order valence-corrected chi connectivity index (χ1v) is 8.08. The lowest BCUT2D eigenvalue weighted by Crippen LogP contribution is -2.12. The van der Waals surface area contributed by atoms with E-state index in [0.717, 1.165) is 0 Å². The molecule has 0 aromatic heterocycles. The van der Waals surface area contributed by atoms with Gasteiger partial charge in [-0.15, -0.1) is 0 Å². The minimum atomic E-state index is -2.49. The average Bonchev–Trinajstić information content (AvgIpc) is 2.56. The molecule has 1 amide bonds. The second-order valence-corrected chi connectivity index (χ2v) is 5.72. The van der Waals surface area contributed by atoms with Gasteiger partial charge in [0.15, 0.2) is 11.5 Å². The zero-order valence-corrected chi connectivity index (χ0v) is 14.0. The van der Waals surface area contributed by atoms with Crippen LogP contribution in [0.3, 0.4) is 0 Å². The largest absolute Gasteiger partial charge is 0.493 e. The van der Waals surface area contributed by atoms with E-state index in [2.05, 4.69) is 5.32 Å². The van der Waals surface area contributed by atoms with Crippen molar-refractivity contribution in [3.05, 3.63) is 48.0 Å². The van der Waals surface area contributed by atoms with Crippen LogP contribution in [-0.4, -0.2) is 25.4 Å². The third kappa shape index (κ3) is 4.86. The van der Waals surface area contributed by atoms with Gasteiger partial charge in [0.2, 0.25) is 0 Å². The molecule has 0 aliphatic carbocycles. The Balaban J connectivity index is 2.08. The lowest BCUT2D eigenvalue weighted by atomic mass is 10.2. The van der Waals surface area contributed by atoms with Crippen LogP contribution in [-0.2, 0) is 0 Å². The summed E-state index contributed by atoms with van der Waals surface area (Å²) in [6, 6.07) is 11.1. The Morgan fingerprint density at radius 3 is 2.46 bits per heavy atom. The van der Waals surface area contributed by atoms with Crippen molar-refractivity contribution in [2.75, 3.05) is 19.0 Å². The topological polar surface area (TPSA) is 47.6 Å². The maximum atomic E-state index is 12.3. The number of ether oxygens (including phenoxy) is 2. The number of benzene rings is 2. The summed E-state index contributed by atoms with van der Waals surface area (Å²) < 4.78 is 35.2. The molecule has 0 heterocycles. The number of hydrogen-bond donors (Lipinski definition) is 1. The van der Waals surface area contributed by atoms with Crippen LogP contribution in [0, 0.1) is 0 Å². The van der Waals surface area contributed by atoms with Gasteiger partial charge in [0.1, 0.15) is 0 Å². The quantitative estimate of drug-likeness (QED) is 0.736. The Kier molecular flexibility index (Phi) is 6.43. The van der Waals surface area contributed by atoms with Crippen LogP contribution < -0.4 is 14.8 Å². The third-order valence-corrected chi connectivity index (χ3v) is 3.79. The minimum absolute atomic E-state index is 0.338. The molecule has 0 saturated carbocycles. The molecular weight excluding hydrogens is 336 g/mol. The summed E-state index contributed by atoms with van der Waals surface area (Å²) in [5.74, 6) is -1.72. The van der Waals surface area contributed by atoms with E-state index in [1.807, 2.05) is 6.92 Å². The van der Waals surface area contributed by atoms with E-state index in [1.165, 1.54) is 31.4 Å². The number of hydrogen-bond acceptors (Lipinski definition) is 4. The third-order valence-electron chi connectivity index (χ3n) is 3.06. The van der Waals surface area contributed by atoms with Gasteiger partial charge in [0, 0.05) is 22.2 Å². The molecule has 0 aliphatic heterocycles. The van der Waals surface area contributed by atoms with Crippen LogP contribution in [0.2, 0.25) is 0 Å². The number of methoxy groups -OCH3 is 1. The fraction of sp³-hybridized carbons (Fsp3) is 0.235. The van der Waals surface area contributed by atoms with Crippen LogP contribution in [0.15, 0.2) is 47.4 Å². The molecule has 0 fully saturated rings. The maximum absolute atomic E-state index is 12.3. The molecule has 0 unspecified atom stereocenters. The summed E-state index contributed by atoms with van der Waals surface area (Å²) in [5.41, 5.74) is 0.924. The molecule has 1 N–H and O–H groups in total. The predicted molar refractivity (Wildman–Crippen MR) is 90.4 cm³/mol. The Labute approximate surface area is 143 Å². The number of halogens is 2. The van der Waals surface area contributed by atoms with E-state index < -0.39 is 5.76 Å². The summed E-state index contributed by atoms with van der Waals surface area (Å²) in [6.07, 6.45) is 0. The molecule has 4 nitrogen and oxygen atoms in total. The van der Waals surface area contributed by atoms with Gasteiger partial charge in [-0.05, 0) is 43.3 Å². The van der Waals surface area contributed by atoms with E-state index in [-0.39, 0.29) is 5.91 Å². The van der Waals surface area contributed by atoms with Crippen molar-refractivity contribution >= 4 is 23.4 Å². The van der Waals surface area contributed by atoms with E-state index in [0.29, 0.717) is 46.0 Å². The zero-order valence-electron chi connectivity index (χ0n) is 13.2. The number of rotatable bonds is 7. The first-order valence-electron chi connectivity index (χ1n) is 7.20. The second-order valence-electron chi connectivity index (χ2n) is 4.66. The number of carbonyl (C=O) groups excluding carboxylic acids is 1. The monoisotopic (exact) mass is 353 g/mol. The Morgan fingerprint density at radius 1 is 1.17 bits per heavy atom. The number of amides is 1. The molecule has 128 valence electrons. The number of nitrogens with one attached hydrogen (secondary N) is 1. The van der Waals surface area contributed by atoms with E-state index in [1.54, 1.807) is 18.2 Å². The fourth-order valence-electron chi connectivity index (χ4n) is 2.01. The van der Waals surface area contributed by atoms with Gasteiger partial charge in [-0.1, -0.05) is 11.8 Å². The van der Waals surface area contributed by atoms with Crippen LogP contribution in [0.25, 0.3) is 0 Å².